The van der Waals surface area contributed by atoms with Crippen LogP contribution in [0.2, 0.25) is 0 Å². The molecule has 0 saturated heterocycles. The predicted molar refractivity (Wildman–Crippen MR) is 63.6 cm³/mol. The predicted octanol–water partition coefficient (Wildman–Crippen LogP) is 3.02. The van der Waals surface area contributed by atoms with Gasteiger partial charge >= 0.3 is 0 Å². The number of hydrogen-bond donors (Lipinski definition) is 0. The van der Waals surface area contributed by atoms with Gasteiger partial charge in [-0.15, -0.1) is 0 Å². The molecule has 0 unspecified atom stereocenters. The molecule has 0 N–H and O–H groups in total. The maximum Gasteiger partial charge on any atom is 0.127 e. The van der Waals surface area contributed by atoms with Crippen LogP contribution in [0.5, 0.6) is 0 Å². The van der Waals surface area contributed by atoms with Gasteiger partial charge in [0.25, 0.3) is 0 Å². The van der Waals surface area contributed by atoms with Crippen LogP contribution in [0.1, 0.15) is 18.4 Å². The molecule has 1 aromatic carbocycles. The minimum absolute atomic E-state index is 0.0853. The fourth-order valence-corrected chi connectivity index (χ4v) is 2.13. The van der Waals surface area contributed by atoms with Crippen molar-refractivity contribution in [3.05, 3.63) is 33.1 Å². The average Bonchev–Trinajstić information content (AvgIpc) is 2.94. The molecule has 0 bridgehead atoms. The molecule has 76 valence electrons. The molecule has 0 aliphatic heterocycles. The lowest BCUT2D eigenvalue weighted by molar-refractivity contribution is 0.311. The first-order valence-electron chi connectivity index (χ1n) is 4.81. The van der Waals surface area contributed by atoms with Crippen LogP contribution in [0, 0.1) is 9.39 Å². The van der Waals surface area contributed by atoms with Crippen LogP contribution in [0.3, 0.4) is 0 Å². The third kappa shape index (κ3) is 2.45. The molecule has 1 aromatic rings. The van der Waals surface area contributed by atoms with Crippen molar-refractivity contribution in [2.45, 2.75) is 25.4 Å². The topological polar surface area (TPSA) is 3.24 Å². The fraction of sp³-hybridized carbons (Fsp3) is 0.455. The summed E-state index contributed by atoms with van der Waals surface area (Å²) in [7, 11) is 2.07. The Kier molecular flexibility index (Phi) is 3.07. The molecular weight excluding hydrogens is 292 g/mol. The van der Waals surface area contributed by atoms with E-state index in [2.05, 4.69) is 34.5 Å². The molecule has 0 heterocycles. The zero-order valence-electron chi connectivity index (χ0n) is 8.13. The van der Waals surface area contributed by atoms with Crippen molar-refractivity contribution < 1.29 is 4.39 Å². The van der Waals surface area contributed by atoms with E-state index >= 15 is 0 Å². The van der Waals surface area contributed by atoms with E-state index < -0.39 is 0 Å². The summed E-state index contributed by atoms with van der Waals surface area (Å²) >= 11 is 2.22. The van der Waals surface area contributed by atoms with Gasteiger partial charge in [0.2, 0.25) is 0 Å². The van der Waals surface area contributed by atoms with Crippen LogP contribution in [-0.4, -0.2) is 18.0 Å². The highest BCUT2D eigenvalue weighted by molar-refractivity contribution is 14.1. The highest BCUT2D eigenvalue weighted by Crippen LogP contribution is 2.27. The first kappa shape index (κ1) is 10.4. The molecule has 1 saturated carbocycles. The van der Waals surface area contributed by atoms with Gasteiger partial charge in [0.05, 0.1) is 0 Å². The van der Waals surface area contributed by atoms with Crippen LogP contribution in [0.25, 0.3) is 0 Å². The second-order valence-electron chi connectivity index (χ2n) is 3.88. The Balaban J connectivity index is 2.10. The Morgan fingerprint density at radius 2 is 2.21 bits per heavy atom. The molecular formula is C11H13FIN. The third-order valence-electron chi connectivity index (χ3n) is 2.60. The molecule has 14 heavy (non-hydrogen) atoms. The lowest BCUT2D eigenvalue weighted by Gasteiger charge is -2.16. The Labute approximate surface area is 97.4 Å². The molecule has 1 aliphatic carbocycles. The monoisotopic (exact) mass is 305 g/mol. The Morgan fingerprint density at radius 3 is 2.86 bits per heavy atom. The summed E-state index contributed by atoms with van der Waals surface area (Å²) in [5.41, 5.74) is 0.811. The van der Waals surface area contributed by atoms with Crippen molar-refractivity contribution in [3.63, 3.8) is 0 Å². The van der Waals surface area contributed by atoms with Crippen LogP contribution in [0.15, 0.2) is 18.2 Å². The van der Waals surface area contributed by atoms with Crippen molar-refractivity contribution in [1.29, 1.82) is 0 Å². The zero-order chi connectivity index (χ0) is 10.1. The molecule has 1 fully saturated rings. The molecule has 2 rings (SSSR count). The SMILES string of the molecule is CN(Cc1cc(I)ccc1F)C1CC1. The maximum absolute atomic E-state index is 13.4. The molecule has 0 amide bonds. The summed E-state index contributed by atoms with van der Waals surface area (Å²) in [6.45, 7) is 0.730. The largest absolute Gasteiger partial charge is 0.299 e. The number of halogens is 2. The average molecular weight is 305 g/mol. The smallest absolute Gasteiger partial charge is 0.127 e. The Hall–Kier alpha value is -0.160. The molecule has 0 atom stereocenters. The van der Waals surface area contributed by atoms with Gasteiger partial charge in [-0.3, -0.25) is 4.90 Å². The summed E-state index contributed by atoms with van der Waals surface area (Å²) in [4.78, 5) is 2.23. The van der Waals surface area contributed by atoms with Crippen LogP contribution >= 0.6 is 22.6 Å². The van der Waals surface area contributed by atoms with Gasteiger partial charge in [-0.1, -0.05) is 0 Å². The Morgan fingerprint density at radius 1 is 1.50 bits per heavy atom. The van der Waals surface area contributed by atoms with Crippen molar-refractivity contribution in [3.8, 4) is 0 Å². The molecule has 0 aromatic heterocycles. The van der Waals surface area contributed by atoms with Crippen LogP contribution < -0.4 is 0 Å². The lowest BCUT2D eigenvalue weighted by atomic mass is 10.2. The van der Waals surface area contributed by atoms with Gasteiger partial charge < -0.3 is 0 Å². The van der Waals surface area contributed by atoms with E-state index in [0.717, 1.165) is 15.7 Å². The molecule has 1 aliphatic rings. The summed E-state index contributed by atoms with van der Waals surface area (Å²) in [5, 5.41) is 0. The van der Waals surface area contributed by atoms with E-state index in [1.54, 1.807) is 12.1 Å². The van der Waals surface area contributed by atoms with Gasteiger partial charge in [-0.25, -0.2) is 4.39 Å². The van der Waals surface area contributed by atoms with E-state index in [0.29, 0.717) is 6.04 Å². The number of rotatable bonds is 3. The minimum Gasteiger partial charge on any atom is -0.299 e. The van der Waals surface area contributed by atoms with Gasteiger partial charge in [0.1, 0.15) is 5.82 Å². The van der Waals surface area contributed by atoms with Gasteiger partial charge in [0.15, 0.2) is 0 Å². The van der Waals surface area contributed by atoms with E-state index in [9.17, 15) is 4.39 Å². The van der Waals surface area contributed by atoms with Crippen LogP contribution in [-0.2, 0) is 6.54 Å². The number of hydrogen-bond acceptors (Lipinski definition) is 1. The number of nitrogens with zero attached hydrogens (tertiary/aromatic N) is 1. The fourth-order valence-electron chi connectivity index (χ4n) is 1.58. The number of benzene rings is 1. The Bertz CT molecular complexity index is 336. The standard InChI is InChI=1S/C11H13FIN/c1-14(10-3-4-10)7-8-6-9(13)2-5-11(8)12/h2,5-6,10H,3-4,7H2,1H3. The van der Waals surface area contributed by atoms with Gasteiger partial charge in [0, 0.05) is 21.7 Å². The molecule has 0 radical (unpaired) electrons. The summed E-state index contributed by atoms with van der Waals surface area (Å²) in [6.07, 6.45) is 2.53. The summed E-state index contributed by atoms with van der Waals surface area (Å²) in [6, 6.07) is 5.97. The maximum atomic E-state index is 13.4. The van der Waals surface area contributed by atoms with E-state index in [-0.39, 0.29) is 5.82 Å². The van der Waals surface area contributed by atoms with Crippen LogP contribution in [0.4, 0.5) is 4.39 Å². The van der Waals surface area contributed by atoms with Gasteiger partial charge in [-0.2, -0.15) is 0 Å². The normalized spacial score (nSPS) is 16.3. The first-order chi connectivity index (χ1) is 6.66. The van der Waals surface area contributed by atoms with Crippen molar-refractivity contribution in [1.82, 2.24) is 4.90 Å². The second-order valence-corrected chi connectivity index (χ2v) is 5.13. The van der Waals surface area contributed by atoms with Crippen molar-refractivity contribution in [2.24, 2.45) is 0 Å². The highest BCUT2D eigenvalue weighted by Gasteiger charge is 2.26. The quantitative estimate of drug-likeness (QED) is 0.776. The molecule has 3 heteroatoms. The summed E-state index contributed by atoms with van der Waals surface area (Å²) in [5.74, 6) is -0.0853. The van der Waals surface area contributed by atoms with E-state index in [1.807, 2.05) is 6.07 Å². The van der Waals surface area contributed by atoms with E-state index in [1.165, 1.54) is 12.8 Å². The zero-order valence-corrected chi connectivity index (χ0v) is 10.3. The second kappa shape index (κ2) is 4.14. The third-order valence-corrected chi connectivity index (χ3v) is 3.27. The van der Waals surface area contributed by atoms with Gasteiger partial charge in [-0.05, 0) is 60.7 Å². The molecule has 0 spiro atoms. The highest BCUT2D eigenvalue weighted by atomic mass is 127. The van der Waals surface area contributed by atoms with Crippen molar-refractivity contribution >= 4 is 22.6 Å². The first-order valence-corrected chi connectivity index (χ1v) is 5.89. The summed E-state index contributed by atoms with van der Waals surface area (Å²) < 4.78 is 14.5. The lowest BCUT2D eigenvalue weighted by Crippen LogP contribution is -2.20. The minimum atomic E-state index is -0.0853. The van der Waals surface area contributed by atoms with Crippen molar-refractivity contribution in [2.75, 3.05) is 7.05 Å². The van der Waals surface area contributed by atoms with E-state index in [4.69, 9.17) is 0 Å². The molecule has 1 nitrogen and oxygen atoms in total.